The Morgan fingerprint density at radius 3 is 1.70 bits per heavy atom. The maximum atomic E-state index is 2.89. The highest BCUT2D eigenvalue weighted by molar-refractivity contribution is 5.62. The van der Waals surface area contributed by atoms with Gasteiger partial charge in [0.25, 0.3) is 0 Å². The molecule has 7 fully saturated rings. The number of hydrazine groups is 1. The molecule has 2 heteroatoms. The molecule has 2 spiro atoms. The van der Waals surface area contributed by atoms with E-state index in [0.717, 1.165) is 23.7 Å². The Kier molecular flexibility index (Phi) is 1.03. The Balaban J connectivity index is 1.72. The normalized spacial score (nSPS) is 75.2. The van der Waals surface area contributed by atoms with Crippen LogP contribution in [0.3, 0.4) is 0 Å². The summed E-state index contributed by atoms with van der Waals surface area (Å²) in [5.74, 6) is 3.72. The van der Waals surface area contributed by atoms with Crippen molar-refractivity contribution < 1.29 is 0 Å². The van der Waals surface area contributed by atoms with Crippen LogP contribution in [0.25, 0.3) is 0 Å². The fourth-order valence-electron chi connectivity index (χ4n) is 9.39. The molecule has 0 radical (unpaired) electrons. The zero-order valence-electron chi connectivity index (χ0n) is 12.7. The van der Waals surface area contributed by atoms with Crippen LogP contribution in [0.1, 0.15) is 34.1 Å². The molecule has 8 atom stereocenters. The molecule has 4 aliphatic carbocycles. The van der Waals surface area contributed by atoms with Gasteiger partial charge in [-0.25, -0.2) is 10.0 Å². The molecule has 2 nitrogen and oxygen atoms in total. The summed E-state index contributed by atoms with van der Waals surface area (Å²) in [6, 6.07) is 0. The van der Waals surface area contributed by atoms with E-state index in [1.54, 1.807) is 0 Å². The van der Waals surface area contributed by atoms with Crippen molar-refractivity contribution in [1.29, 1.82) is 0 Å². The molecule has 0 N–H and O–H groups in total. The van der Waals surface area contributed by atoms with E-state index in [1.165, 1.54) is 6.42 Å². The van der Waals surface area contributed by atoms with E-state index in [0.29, 0.717) is 27.6 Å². The predicted octanol–water partition coefficient (Wildman–Crippen LogP) is 2.59. The quantitative estimate of drug-likeness (QED) is 0.665. The molecule has 0 aromatic heterocycles. The zero-order valence-corrected chi connectivity index (χ0v) is 12.7. The van der Waals surface area contributed by atoms with Crippen LogP contribution in [0.2, 0.25) is 0 Å². The summed E-state index contributed by atoms with van der Waals surface area (Å²) in [6.45, 7) is 10.3. The maximum Gasteiger partial charge on any atom is 0.0813 e. The van der Waals surface area contributed by atoms with E-state index in [1.807, 2.05) is 0 Å². The Bertz CT molecular complexity index is 636. The summed E-state index contributed by atoms with van der Waals surface area (Å²) >= 11 is 0. The fraction of sp³-hybridized carbons (Fsp3) is 0.778. The number of allylic oxidation sites excluding steroid dienone is 2. The molecule has 8 unspecified atom stereocenters. The predicted molar refractivity (Wildman–Crippen MR) is 76.6 cm³/mol. The van der Waals surface area contributed by atoms with Crippen LogP contribution in [0.15, 0.2) is 24.3 Å². The molecule has 8 aliphatic rings. The zero-order chi connectivity index (χ0) is 13.5. The van der Waals surface area contributed by atoms with Crippen LogP contribution < -0.4 is 0 Å². The van der Waals surface area contributed by atoms with Crippen molar-refractivity contribution in [3.05, 3.63) is 24.3 Å². The summed E-state index contributed by atoms with van der Waals surface area (Å²) in [5.41, 5.74) is 1.92. The third-order valence-corrected chi connectivity index (χ3v) is 9.96. The lowest BCUT2D eigenvalue weighted by molar-refractivity contribution is -0.280. The first-order chi connectivity index (χ1) is 9.42. The van der Waals surface area contributed by atoms with Crippen molar-refractivity contribution in [2.75, 3.05) is 0 Å². The van der Waals surface area contributed by atoms with Gasteiger partial charge in [0.2, 0.25) is 0 Å². The lowest BCUT2D eigenvalue weighted by atomic mass is 9.61. The highest BCUT2D eigenvalue weighted by atomic mass is 15.9. The minimum Gasteiger partial charge on any atom is -0.221 e. The van der Waals surface area contributed by atoms with E-state index < -0.39 is 0 Å². The summed E-state index contributed by atoms with van der Waals surface area (Å²) < 4.78 is 0. The van der Waals surface area contributed by atoms with Gasteiger partial charge in [0, 0.05) is 16.5 Å². The number of hydrogen-bond acceptors (Lipinski definition) is 2. The van der Waals surface area contributed by atoms with Crippen molar-refractivity contribution in [1.82, 2.24) is 10.0 Å². The minimum atomic E-state index is 0.369. The monoisotopic (exact) mass is 266 g/mol. The van der Waals surface area contributed by atoms with Crippen molar-refractivity contribution in [3.8, 4) is 0 Å². The minimum absolute atomic E-state index is 0.369. The third kappa shape index (κ3) is 0.438. The molecule has 4 saturated heterocycles. The lowest BCUT2D eigenvalue weighted by Gasteiger charge is -2.68. The highest BCUT2D eigenvalue weighted by Gasteiger charge is 3.05. The second-order valence-corrected chi connectivity index (χ2v) is 9.41. The van der Waals surface area contributed by atoms with Crippen LogP contribution in [-0.2, 0) is 0 Å². The average Bonchev–Trinajstić information content (AvgIpc) is 2.97. The topological polar surface area (TPSA) is 6.48 Å². The summed E-state index contributed by atoms with van der Waals surface area (Å²) in [7, 11) is 0. The number of hydrogen-bond donors (Lipinski definition) is 0. The van der Waals surface area contributed by atoms with Crippen LogP contribution in [0.5, 0.6) is 0 Å². The largest absolute Gasteiger partial charge is 0.221 e. The fourth-order valence-corrected chi connectivity index (χ4v) is 9.39. The Morgan fingerprint density at radius 2 is 1.25 bits per heavy atom. The van der Waals surface area contributed by atoms with Gasteiger partial charge in [-0.2, -0.15) is 0 Å². The second-order valence-electron chi connectivity index (χ2n) is 9.41. The lowest BCUT2D eigenvalue weighted by Crippen LogP contribution is -2.84. The van der Waals surface area contributed by atoms with Gasteiger partial charge in [-0.1, -0.05) is 38.2 Å². The molecule has 104 valence electrons. The van der Waals surface area contributed by atoms with Gasteiger partial charge >= 0.3 is 0 Å². The van der Waals surface area contributed by atoms with Crippen molar-refractivity contribution >= 4 is 0 Å². The van der Waals surface area contributed by atoms with E-state index in [2.05, 4.69) is 62.0 Å². The molecular formula is C18H22N2. The Hall–Kier alpha value is -0.600. The summed E-state index contributed by atoms with van der Waals surface area (Å²) in [6.07, 6.45) is 11.3. The molecule has 0 amide bonds. The maximum absolute atomic E-state index is 2.89. The summed E-state index contributed by atoms with van der Waals surface area (Å²) in [5, 5.41) is 5.78. The van der Waals surface area contributed by atoms with Crippen molar-refractivity contribution in [3.63, 3.8) is 0 Å². The molecule has 4 bridgehead atoms. The first-order valence-electron chi connectivity index (χ1n) is 8.39. The number of rotatable bonds is 0. The van der Waals surface area contributed by atoms with Gasteiger partial charge in [0.15, 0.2) is 0 Å². The van der Waals surface area contributed by atoms with Crippen molar-refractivity contribution in [2.45, 2.75) is 56.3 Å². The molecule has 20 heavy (non-hydrogen) atoms. The second kappa shape index (κ2) is 2.03. The first-order valence-corrected chi connectivity index (χ1v) is 8.39. The highest BCUT2D eigenvalue weighted by Crippen LogP contribution is 2.95. The average molecular weight is 266 g/mol. The third-order valence-electron chi connectivity index (χ3n) is 9.96. The van der Waals surface area contributed by atoms with Gasteiger partial charge in [-0.3, -0.25) is 0 Å². The van der Waals surface area contributed by atoms with Crippen LogP contribution in [0.4, 0.5) is 0 Å². The van der Waals surface area contributed by atoms with Crippen LogP contribution in [-0.4, -0.2) is 32.2 Å². The van der Waals surface area contributed by atoms with E-state index in [9.17, 15) is 0 Å². The Labute approximate surface area is 120 Å². The van der Waals surface area contributed by atoms with Gasteiger partial charge in [-0.15, -0.1) is 0 Å². The molecule has 3 saturated carbocycles. The number of nitrogens with zero attached hydrogens (tertiary/aromatic N) is 2. The Morgan fingerprint density at radius 1 is 0.800 bits per heavy atom. The first kappa shape index (κ1) is 10.2. The molecule has 0 aromatic rings. The molecule has 4 heterocycles. The SMILES string of the molecule is CC12C3C4C5CC3C36C=CC=CC53N(N16)C4(C)C2(C)C. The molecule has 0 aromatic carbocycles. The molecule has 4 aliphatic heterocycles. The van der Waals surface area contributed by atoms with Gasteiger partial charge in [0.05, 0.1) is 11.1 Å². The standard InChI is InChI=1S/C18H22N2/c1-14(2)15(3)12-10-9-11-13(12)16(14,4)20-18(11)8-6-5-7-17(10,18)19(15)20/h5-8,10-13H,9H2,1-4H3. The van der Waals surface area contributed by atoms with E-state index in [-0.39, 0.29) is 0 Å². The van der Waals surface area contributed by atoms with E-state index in [4.69, 9.17) is 0 Å². The summed E-state index contributed by atoms with van der Waals surface area (Å²) in [4.78, 5) is 0. The van der Waals surface area contributed by atoms with Gasteiger partial charge < -0.3 is 0 Å². The smallest absolute Gasteiger partial charge is 0.0813 e. The van der Waals surface area contributed by atoms with Crippen molar-refractivity contribution in [2.24, 2.45) is 29.1 Å². The van der Waals surface area contributed by atoms with Crippen LogP contribution in [0, 0.1) is 29.1 Å². The van der Waals surface area contributed by atoms with Gasteiger partial charge in [0.1, 0.15) is 0 Å². The molecule has 8 rings (SSSR count). The van der Waals surface area contributed by atoms with Crippen LogP contribution >= 0.6 is 0 Å². The molecular weight excluding hydrogens is 244 g/mol. The van der Waals surface area contributed by atoms with Gasteiger partial charge in [-0.05, 0) is 43.9 Å². The van der Waals surface area contributed by atoms with E-state index >= 15 is 0 Å².